The van der Waals surface area contributed by atoms with Gasteiger partial charge in [-0.25, -0.2) is 9.37 Å². The molecule has 0 spiro atoms. The highest BCUT2D eigenvalue weighted by Gasteiger charge is 2.25. The van der Waals surface area contributed by atoms with Crippen LogP contribution in [0.5, 0.6) is 11.6 Å². The first kappa shape index (κ1) is 8.29. The van der Waals surface area contributed by atoms with Crippen LogP contribution in [0.3, 0.4) is 0 Å². The molecule has 1 aliphatic carbocycles. The Balaban J connectivity index is 2.19. The van der Waals surface area contributed by atoms with Gasteiger partial charge in [0.1, 0.15) is 0 Å². The Morgan fingerprint density at radius 3 is 2.92 bits per heavy atom. The number of hydrogen-bond donors (Lipinski definition) is 0. The van der Waals surface area contributed by atoms with Crippen molar-refractivity contribution < 1.29 is 13.9 Å². The molecule has 1 aromatic rings. The van der Waals surface area contributed by atoms with Gasteiger partial charge in [0.05, 0.1) is 19.4 Å². The van der Waals surface area contributed by atoms with Gasteiger partial charge in [0.15, 0.2) is 11.6 Å². The molecular formula is C9H10FNO2. The average Bonchev–Trinajstić information content (AvgIpc) is 2.93. The average molecular weight is 183 g/mol. The van der Waals surface area contributed by atoms with Gasteiger partial charge in [-0.15, -0.1) is 0 Å². The molecule has 0 radical (unpaired) electrons. The predicted octanol–water partition coefficient (Wildman–Crippen LogP) is 1.77. The lowest BCUT2D eigenvalue weighted by atomic mass is 10.4. The highest BCUT2D eigenvalue weighted by Crippen LogP contribution is 2.29. The second kappa shape index (κ2) is 3.20. The molecular weight excluding hydrogens is 173 g/mol. The molecule has 0 N–H and O–H groups in total. The molecule has 70 valence electrons. The SMILES string of the molecule is COc1cc(OC2CC2)c(F)cn1. The van der Waals surface area contributed by atoms with E-state index in [1.807, 2.05) is 0 Å². The quantitative estimate of drug-likeness (QED) is 0.715. The van der Waals surface area contributed by atoms with Gasteiger partial charge >= 0.3 is 0 Å². The molecule has 0 unspecified atom stereocenters. The van der Waals surface area contributed by atoms with Crippen molar-refractivity contribution in [3.05, 3.63) is 18.1 Å². The van der Waals surface area contributed by atoms with E-state index in [9.17, 15) is 4.39 Å². The van der Waals surface area contributed by atoms with Crippen LogP contribution < -0.4 is 9.47 Å². The van der Waals surface area contributed by atoms with Crippen molar-refractivity contribution in [2.75, 3.05) is 7.11 Å². The van der Waals surface area contributed by atoms with Crippen molar-refractivity contribution in [3.63, 3.8) is 0 Å². The van der Waals surface area contributed by atoms with Crippen LogP contribution in [0.4, 0.5) is 4.39 Å². The summed E-state index contributed by atoms with van der Waals surface area (Å²) in [6.45, 7) is 0. The number of hydrogen-bond acceptors (Lipinski definition) is 3. The maximum atomic E-state index is 13.1. The minimum absolute atomic E-state index is 0.182. The highest BCUT2D eigenvalue weighted by atomic mass is 19.1. The van der Waals surface area contributed by atoms with Crippen LogP contribution in [0.2, 0.25) is 0 Å². The first-order chi connectivity index (χ1) is 6.29. The smallest absolute Gasteiger partial charge is 0.216 e. The molecule has 3 nitrogen and oxygen atoms in total. The first-order valence-corrected chi connectivity index (χ1v) is 4.16. The summed E-state index contributed by atoms with van der Waals surface area (Å²) in [5, 5.41) is 0. The molecule has 1 aliphatic rings. The van der Waals surface area contributed by atoms with Gasteiger partial charge in [0.25, 0.3) is 0 Å². The predicted molar refractivity (Wildman–Crippen MR) is 44.4 cm³/mol. The Kier molecular flexibility index (Phi) is 2.04. The molecule has 13 heavy (non-hydrogen) atoms. The van der Waals surface area contributed by atoms with E-state index in [0.29, 0.717) is 5.88 Å². The van der Waals surface area contributed by atoms with Crippen LogP contribution in [0.15, 0.2) is 12.3 Å². The van der Waals surface area contributed by atoms with Gasteiger partial charge in [0, 0.05) is 6.07 Å². The minimum Gasteiger partial charge on any atom is -0.487 e. The zero-order valence-electron chi connectivity index (χ0n) is 7.29. The Labute approximate surface area is 75.5 Å². The molecule has 1 saturated carbocycles. The molecule has 0 atom stereocenters. The summed E-state index contributed by atoms with van der Waals surface area (Å²) in [6.07, 6.45) is 3.30. The molecule has 1 fully saturated rings. The molecule has 1 heterocycles. The third kappa shape index (κ3) is 1.88. The summed E-state index contributed by atoms with van der Waals surface area (Å²) in [6, 6.07) is 1.47. The van der Waals surface area contributed by atoms with Crippen molar-refractivity contribution in [1.82, 2.24) is 4.98 Å². The Morgan fingerprint density at radius 2 is 2.31 bits per heavy atom. The standard InChI is InChI=1S/C9H10FNO2/c1-12-9-4-8(7(10)5-11-9)13-6-2-3-6/h4-6H,2-3H2,1H3. The number of pyridine rings is 1. The van der Waals surface area contributed by atoms with E-state index < -0.39 is 5.82 Å². The number of methoxy groups -OCH3 is 1. The van der Waals surface area contributed by atoms with Crippen molar-refractivity contribution in [1.29, 1.82) is 0 Å². The highest BCUT2D eigenvalue weighted by molar-refractivity contribution is 5.28. The third-order valence-corrected chi connectivity index (χ3v) is 1.82. The zero-order valence-corrected chi connectivity index (χ0v) is 7.29. The Hall–Kier alpha value is -1.32. The fourth-order valence-corrected chi connectivity index (χ4v) is 0.970. The first-order valence-electron chi connectivity index (χ1n) is 4.16. The fourth-order valence-electron chi connectivity index (χ4n) is 0.970. The molecule has 0 amide bonds. The largest absolute Gasteiger partial charge is 0.487 e. The molecule has 4 heteroatoms. The van der Waals surface area contributed by atoms with Crippen molar-refractivity contribution in [2.24, 2.45) is 0 Å². The van der Waals surface area contributed by atoms with E-state index in [2.05, 4.69) is 4.98 Å². The van der Waals surface area contributed by atoms with E-state index in [1.54, 1.807) is 0 Å². The topological polar surface area (TPSA) is 31.4 Å². The Bertz CT molecular complexity index is 312. The molecule has 2 rings (SSSR count). The monoisotopic (exact) mass is 183 g/mol. The molecule has 1 aromatic heterocycles. The summed E-state index contributed by atoms with van der Waals surface area (Å²) in [5.41, 5.74) is 0. The number of ether oxygens (including phenoxy) is 2. The maximum absolute atomic E-state index is 13.1. The van der Waals surface area contributed by atoms with Gasteiger partial charge in [-0.3, -0.25) is 0 Å². The summed E-state index contributed by atoms with van der Waals surface area (Å²) in [7, 11) is 1.49. The molecule has 0 aromatic carbocycles. The molecule has 0 saturated heterocycles. The fraction of sp³-hybridized carbons (Fsp3) is 0.444. The van der Waals surface area contributed by atoms with Crippen molar-refractivity contribution in [2.45, 2.75) is 18.9 Å². The summed E-state index contributed by atoms with van der Waals surface area (Å²) in [4.78, 5) is 3.71. The van der Waals surface area contributed by atoms with Crippen LogP contribution >= 0.6 is 0 Å². The van der Waals surface area contributed by atoms with E-state index >= 15 is 0 Å². The second-order valence-electron chi connectivity index (χ2n) is 2.97. The van der Waals surface area contributed by atoms with Crippen LogP contribution in [0.1, 0.15) is 12.8 Å². The summed E-state index contributed by atoms with van der Waals surface area (Å²) in [5.74, 6) is 0.166. The summed E-state index contributed by atoms with van der Waals surface area (Å²) < 4.78 is 23.2. The number of halogens is 1. The van der Waals surface area contributed by atoms with Gasteiger partial charge in [0.2, 0.25) is 5.88 Å². The molecule has 0 aliphatic heterocycles. The second-order valence-corrected chi connectivity index (χ2v) is 2.97. The van der Waals surface area contributed by atoms with Gasteiger partial charge in [-0.2, -0.15) is 0 Å². The van der Waals surface area contributed by atoms with Crippen molar-refractivity contribution >= 4 is 0 Å². The van der Waals surface area contributed by atoms with E-state index in [-0.39, 0.29) is 11.9 Å². The zero-order chi connectivity index (χ0) is 9.26. The van der Waals surface area contributed by atoms with Gasteiger partial charge in [-0.05, 0) is 12.8 Å². The van der Waals surface area contributed by atoms with E-state index in [0.717, 1.165) is 19.0 Å². The van der Waals surface area contributed by atoms with Crippen LogP contribution in [0.25, 0.3) is 0 Å². The van der Waals surface area contributed by atoms with Gasteiger partial charge < -0.3 is 9.47 Å². The lowest BCUT2D eigenvalue weighted by Gasteiger charge is -2.06. The Morgan fingerprint density at radius 1 is 1.54 bits per heavy atom. The minimum atomic E-state index is -0.437. The normalized spacial score (nSPS) is 15.5. The van der Waals surface area contributed by atoms with E-state index in [4.69, 9.17) is 9.47 Å². The lowest BCUT2D eigenvalue weighted by molar-refractivity contribution is 0.283. The maximum Gasteiger partial charge on any atom is 0.216 e. The number of rotatable bonds is 3. The van der Waals surface area contributed by atoms with Crippen LogP contribution in [-0.4, -0.2) is 18.2 Å². The number of aromatic nitrogens is 1. The van der Waals surface area contributed by atoms with Crippen molar-refractivity contribution in [3.8, 4) is 11.6 Å². The molecule has 0 bridgehead atoms. The van der Waals surface area contributed by atoms with Gasteiger partial charge in [-0.1, -0.05) is 0 Å². The lowest BCUT2D eigenvalue weighted by Crippen LogP contribution is -1.99. The van der Waals surface area contributed by atoms with E-state index in [1.165, 1.54) is 13.2 Å². The third-order valence-electron chi connectivity index (χ3n) is 1.82. The van der Waals surface area contributed by atoms with Crippen LogP contribution in [-0.2, 0) is 0 Å². The van der Waals surface area contributed by atoms with Crippen LogP contribution in [0, 0.1) is 5.82 Å². The number of nitrogens with zero attached hydrogens (tertiary/aromatic N) is 1. The summed E-state index contributed by atoms with van der Waals surface area (Å²) >= 11 is 0.